The number of rotatable bonds is 4. The number of aromatic amines is 1. The van der Waals surface area contributed by atoms with E-state index in [9.17, 15) is 4.79 Å². The summed E-state index contributed by atoms with van der Waals surface area (Å²) in [5.41, 5.74) is -0.151. The van der Waals surface area contributed by atoms with Crippen molar-refractivity contribution in [1.29, 1.82) is 0 Å². The lowest BCUT2D eigenvalue weighted by Crippen LogP contribution is -2.53. The zero-order valence-electron chi connectivity index (χ0n) is 11.0. The molecule has 1 atom stereocenters. The molecule has 0 bridgehead atoms. The second kappa shape index (κ2) is 5.71. The molecule has 6 heteroatoms. The topological polar surface area (TPSA) is 70.2 Å². The second-order valence-corrected chi connectivity index (χ2v) is 5.27. The second-order valence-electron chi connectivity index (χ2n) is 5.27. The van der Waals surface area contributed by atoms with Gasteiger partial charge >= 0.3 is 0 Å². The molecule has 19 heavy (non-hydrogen) atoms. The van der Waals surface area contributed by atoms with Gasteiger partial charge in [-0.15, -0.1) is 0 Å². The van der Waals surface area contributed by atoms with Gasteiger partial charge in [0.1, 0.15) is 5.82 Å². The highest BCUT2D eigenvalue weighted by Gasteiger charge is 2.26. The van der Waals surface area contributed by atoms with Crippen molar-refractivity contribution in [3.63, 3.8) is 0 Å². The van der Waals surface area contributed by atoms with Gasteiger partial charge in [-0.25, -0.2) is 5.10 Å². The van der Waals surface area contributed by atoms with E-state index < -0.39 is 0 Å². The lowest BCUT2D eigenvalue weighted by atomic mass is 10.0. The van der Waals surface area contributed by atoms with E-state index in [0.29, 0.717) is 12.1 Å². The van der Waals surface area contributed by atoms with Crippen LogP contribution in [0.4, 0.5) is 5.82 Å². The molecule has 0 saturated carbocycles. The average molecular weight is 264 g/mol. The van der Waals surface area contributed by atoms with Gasteiger partial charge in [-0.2, -0.15) is 5.10 Å². The normalized spacial score (nSPS) is 24.2. The minimum absolute atomic E-state index is 0.151. The predicted octanol–water partition coefficient (Wildman–Crippen LogP) is 0.117. The van der Waals surface area contributed by atoms with Crippen molar-refractivity contribution < 1.29 is 4.74 Å². The lowest BCUT2D eigenvalue weighted by Gasteiger charge is -2.38. The molecule has 2 aliphatic rings. The minimum atomic E-state index is -0.151. The Morgan fingerprint density at radius 3 is 3.00 bits per heavy atom. The van der Waals surface area contributed by atoms with Crippen LogP contribution in [-0.2, 0) is 4.74 Å². The summed E-state index contributed by atoms with van der Waals surface area (Å²) in [6, 6.07) is 4.31. The van der Waals surface area contributed by atoms with Gasteiger partial charge in [-0.3, -0.25) is 4.79 Å². The summed E-state index contributed by atoms with van der Waals surface area (Å²) >= 11 is 0. The van der Waals surface area contributed by atoms with Gasteiger partial charge in [0, 0.05) is 25.2 Å². The zero-order chi connectivity index (χ0) is 13.1. The summed E-state index contributed by atoms with van der Waals surface area (Å²) in [5, 5.41) is 10.2. The molecule has 6 nitrogen and oxygen atoms in total. The van der Waals surface area contributed by atoms with Crippen molar-refractivity contribution in [2.45, 2.75) is 31.3 Å². The largest absolute Gasteiger partial charge is 0.378 e. The molecule has 0 amide bonds. The Morgan fingerprint density at radius 1 is 1.42 bits per heavy atom. The van der Waals surface area contributed by atoms with Crippen LogP contribution in [0.1, 0.15) is 19.3 Å². The summed E-state index contributed by atoms with van der Waals surface area (Å²) in [6.07, 6.45) is 3.61. The summed E-state index contributed by atoms with van der Waals surface area (Å²) < 4.78 is 5.17. The van der Waals surface area contributed by atoms with Crippen molar-refractivity contribution in [2.24, 2.45) is 0 Å². The first-order chi connectivity index (χ1) is 9.33. The molecule has 104 valence electrons. The molecule has 0 aliphatic carbocycles. The van der Waals surface area contributed by atoms with E-state index in [1.165, 1.54) is 19.3 Å². The third-order valence-electron chi connectivity index (χ3n) is 3.87. The van der Waals surface area contributed by atoms with Crippen LogP contribution in [0, 0.1) is 0 Å². The highest BCUT2D eigenvalue weighted by atomic mass is 16.5. The third-order valence-corrected chi connectivity index (χ3v) is 3.87. The standard InChI is InChI=1S/C13H20N4O2/c18-13-5-4-12(15-16-13)17-6-2-1-3-11(17)7-14-10-8-19-9-10/h4-5,10-11,14H,1-3,6-9H2,(H,16,18). The number of piperidine rings is 1. The van der Waals surface area contributed by atoms with Gasteiger partial charge < -0.3 is 15.0 Å². The van der Waals surface area contributed by atoms with Crippen LogP contribution in [0.3, 0.4) is 0 Å². The molecule has 0 aromatic carbocycles. The number of hydrogen-bond donors (Lipinski definition) is 2. The Balaban J connectivity index is 1.65. The Labute approximate surface area is 112 Å². The van der Waals surface area contributed by atoms with E-state index in [0.717, 1.165) is 32.1 Å². The van der Waals surface area contributed by atoms with Crippen molar-refractivity contribution >= 4 is 5.82 Å². The molecule has 2 aliphatic heterocycles. The number of ether oxygens (including phenoxy) is 1. The molecule has 0 spiro atoms. The molecule has 1 aromatic rings. The predicted molar refractivity (Wildman–Crippen MR) is 72.5 cm³/mol. The molecule has 3 heterocycles. The minimum Gasteiger partial charge on any atom is -0.378 e. The van der Waals surface area contributed by atoms with Crippen molar-refractivity contribution in [3.8, 4) is 0 Å². The maximum Gasteiger partial charge on any atom is 0.264 e. The first-order valence-electron chi connectivity index (χ1n) is 6.96. The van der Waals surface area contributed by atoms with Gasteiger partial charge in [-0.1, -0.05) is 0 Å². The van der Waals surface area contributed by atoms with Crippen molar-refractivity contribution in [1.82, 2.24) is 15.5 Å². The summed E-state index contributed by atoms with van der Waals surface area (Å²) in [4.78, 5) is 13.4. The monoisotopic (exact) mass is 264 g/mol. The number of H-pyrrole nitrogens is 1. The number of aromatic nitrogens is 2. The van der Waals surface area contributed by atoms with Gasteiger partial charge in [0.25, 0.3) is 5.56 Å². The van der Waals surface area contributed by atoms with E-state index in [1.807, 2.05) is 6.07 Å². The van der Waals surface area contributed by atoms with Crippen LogP contribution in [0.2, 0.25) is 0 Å². The smallest absolute Gasteiger partial charge is 0.264 e. The fraction of sp³-hybridized carbons (Fsp3) is 0.692. The fourth-order valence-corrected chi connectivity index (χ4v) is 2.67. The quantitative estimate of drug-likeness (QED) is 0.808. The van der Waals surface area contributed by atoms with Gasteiger partial charge in [0.2, 0.25) is 0 Å². The van der Waals surface area contributed by atoms with Crippen molar-refractivity contribution in [3.05, 3.63) is 22.5 Å². The average Bonchev–Trinajstić information content (AvgIpc) is 2.39. The highest BCUT2D eigenvalue weighted by molar-refractivity contribution is 5.38. The van der Waals surface area contributed by atoms with E-state index >= 15 is 0 Å². The first-order valence-corrected chi connectivity index (χ1v) is 6.96. The molecule has 2 fully saturated rings. The molecule has 3 rings (SSSR count). The number of nitrogens with one attached hydrogen (secondary N) is 2. The van der Waals surface area contributed by atoms with Crippen LogP contribution in [0.25, 0.3) is 0 Å². The molecule has 2 N–H and O–H groups in total. The number of nitrogens with zero attached hydrogens (tertiary/aromatic N) is 2. The van der Waals surface area contributed by atoms with E-state index in [2.05, 4.69) is 20.4 Å². The maximum absolute atomic E-state index is 11.1. The van der Waals surface area contributed by atoms with Crippen LogP contribution in [0.15, 0.2) is 16.9 Å². The lowest BCUT2D eigenvalue weighted by molar-refractivity contribution is -0.00569. The van der Waals surface area contributed by atoms with Crippen LogP contribution < -0.4 is 15.8 Å². The maximum atomic E-state index is 11.1. The third kappa shape index (κ3) is 2.96. The van der Waals surface area contributed by atoms with Gasteiger partial charge in [-0.05, 0) is 25.3 Å². The Bertz CT molecular complexity index is 451. The Morgan fingerprint density at radius 2 is 2.32 bits per heavy atom. The highest BCUT2D eigenvalue weighted by Crippen LogP contribution is 2.21. The molecule has 1 unspecified atom stereocenters. The zero-order valence-corrected chi connectivity index (χ0v) is 11.0. The fourth-order valence-electron chi connectivity index (χ4n) is 2.67. The first kappa shape index (κ1) is 12.6. The number of hydrogen-bond acceptors (Lipinski definition) is 5. The molecular weight excluding hydrogens is 244 g/mol. The van der Waals surface area contributed by atoms with Gasteiger partial charge in [0.15, 0.2) is 0 Å². The molecule has 1 aromatic heterocycles. The van der Waals surface area contributed by atoms with Crippen molar-refractivity contribution in [2.75, 3.05) is 31.2 Å². The summed E-state index contributed by atoms with van der Waals surface area (Å²) in [6.45, 7) is 3.61. The summed E-state index contributed by atoms with van der Waals surface area (Å²) in [7, 11) is 0. The van der Waals surface area contributed by atoms with E-state index in [4.69, 9.17) is 4.74 Å². The van der Waals surface area contributed by atoms with Crippen LogP contribution >= 0.6 is 0 Å². The van der Waals surface area contributed by atoms with Crippen LogP contribution in [0.5, 0.6) is 0 Å². The molecule has 0 radical (unpaired) electrons. The number of anilines is 1. The van der Waals surface area contributed by atoms with E-state index in [1.54, 1.807) is 6.07 Å². The molecular formula is C13H20N4O2. The van der Waals surface area contributed by atoms with Gasteiger partial charge in [0.05, 0.1) is 19.3 Å². The SMILES string of the molecule is O=c1ccc(N2CCCCC2CNC2COC2)n[nH]1. The van der Waals surface area contributed by atoms with E-state index in [-0.39, 0.29) is 5.56 Å². The Hall–Kier alpha value is -1.40. The summed E-state index contributed by atoms with van der Waals surface area (Å²) in [5.74, 6) is 0.871. The molecule has 2 saturated heterocycles. The van der Waals surface area contributed by atoms with Crippen LogP contribution in [-0.4, -0.2) is 48.6 Å². The Kier molecular flexibility index (Phi) is 3.79.